The third-order valence-electron chi connectivity index (χ3n) is 4.90. The zero-order valence-corrected chi connectivity index (χ0v) is 16.7. The molecule has 4 rings (SSSR count). The van der Waals surface area contributed by atoms with Crippen molar-refractivity contribution in [3.8, 4) is 11.1 Å². The molecule has 1 aliphatic heterocycles. The SMILES string of the molecule is C=CC(=O)N1CC[C@H](Nc2cncc(-c3cnc(Nc4cccc(C)n4)nc3)c2)C1. The molecule has 1 amide bonds. The maximum atomic E-state index is 11.8. The molecule has 152 valence electrons. The highest BCUT2D eigenvalue weighted by atomic mass is 16.2. The van der Waals surface area contributed by atoms with E-state index in [4.69, 9.17) is 0 Å². The average Bonchev–Trinajstić information content (AvgIpc) is 3.22. The van der Waals surface area contributed by atoms with Crippen molar-refractivity contribution >= 4 is 23.4 Å². The van der Waals surface area contributed by atoms with Gasteiger partial charge in [0.05, 0.1) is 5.69 Å². The Labute approximate surface area is 175 Å². The average molecular weight is 401 g/mol. The molecule has 2 N–H and O–H groups in total. The Hall–Kier alpha value is -3.81. The largest absolute Gasteiger partial charge is 0.379 e. The number of hydrogen-bond donors (Lipinski definition) is 2. The Morgan fingerprint density at radius 3 is 2.80 bits per heavy atom. The first kappa shape index (κ1) is 19.5. The number of carbonyl (C=O) groups is 1. The third kappa shape index (κ3) is 4.60. The molecule has 8 nitrogen and oxygen atoms in total. The van der Waals surface area contributed by atoms with Crippen LogP contribution in [-0.4, -0.2) is 49.9 Å². The molecule has 1 saturated heterocycles. The number of hydrogen-bond acceptors (Lipinski definition) is 7. The first-order valence-corrected chi connectivity index (χ1v) is 9.77. The number of amides is 1. The summed E-state index contributed by atoms with van der Waals surface area (Å²) in [7, 11) is 0. The van der Waals surface area contributed by atoms with E-state index in [-0.39, 0.29) is 11.9 Å². The summed E-state index contributed by atoms with van der Waals surface area (Å²) in [5.74, 6) is 1.16. The van der Waals surface area contributed by atoms with E-state index in [9.17, 15) is 4.79 Å². The summed E-state index contributed by atoms with van der Waals surface area (Å²) < 4.78 is 0. The zero-order valence-electron chi connectivity index (χ0n) is 16.7. The molecule has 1 fully saturated rings. The van der Waals surface area contributed by atoms with Gasteiger partial charge in [0.2, 0.25) is 11.9 Å². The molecule has 4 heterocycles. The van der Waals surface area contributed by atoms with Gasteiger partial charge in [0.1, 0.15) is 5.82 Å². The summed E-state index contributed by atoms with van der Waals surface area (Å²) >= 11 is 0. The molecule has 8 heteroatoms. The van der Waals surface area contributed by atoms with Crippen LogP contribution in [0.4, 0.5) is 17.5 Å². The molecule has 0 unspecified atom stereocenters. The van der Waals surface area contributed by atoms with Gasteiger partial charge in [-0.05, 0) is 37.6 Å². The number of likely N-dealkylation sites (tertiary alicyclic amines) is 1. The second-order valence-electron chi connectivity index (χ2n) is 7.17. The predicted octanol–water partition coefficient (Wildman–Crippen LogP) is 3.18. The van der Waals surface area contributed by atoms with Crippen molar-refractivity contribution in [1.82, 2.24) is 24.8 Å². The second kappa shape index (κ2) is 8.69. The minimum atomic E-state index is -0.0297. The zero-order chi connectivity index (χ0) is 20.9. The normalized spacial score (nSPS) is 15.6. The highest BCUT2D eigenvalue weighted by Gasteiger charge is 2.24. The van der Waals surface area contributed by atoms with Gasteiger partial charge in [0, 0.05) is 60.7 Å². The summed E-state index contributed by atoms with van der Waals surface area (Å²) in [5, 5.41) is 6.56. The van der Waals surface area contributed by atoms with E-state index in [0.29, 0.717) is 18.3 Å². The molecule has 0 bridgehead atoms. The van der Waals surface area contributed by atoms with Gasteiger partial charge in [-0.25, -0.2) is 15.0 Å². The summed E-state index contributed by atoms with van der Waals surface area (Å²) in [6, 6.07) is 7.94. The molecule has 3 aromatic rings. The molecule has 1 aliphatic rings. The molecule has 0 spiro atoms. The Kier molecular flexibility index (Phi) is 5.65. The maximum absolute atomic E-state index is 11.8. The fourth-order valence-electron chi connectivity index (χ4n) is 3.39. The van der Waals surface area contributed by atoms with Crippen LogP contribution in [0.3, 0.4) is 0 Å². The van der Waals surface area contributed by atoms with Crippen LogP contribution in [0.2, 0.25) is 0 Å². The molecule has 0 aliphatic carbocycles. The van der Waals surface area contributed by atoms with Crippen LogP contribution in [0.5, 0.6) is 0 Å². The third-order valence-corrected chi connectivity index (χ3v) is 4.90. The first-order chi connectivity index (χ1) is 14.6. The van der Waals surface area contributed by atoms with Crippen LogP contribution in [-0.2, 0) is 4.79 Å². The number of nitrogens with one attached hydrogen (secondary N) is 2. The Morgan fingerprint density at radius 1 is 1.20 bits per heavy atom. The number of aromatic nitrogens is 4. The van der Waals surface area contributed by atoms with Crippen LogP contribution in [0.15, 0.2) is 61.7 Å². The van der Waals surface area contributed by atoms with Crippen LogP contribution in [0, 0.1) is 6.92 Å². The van der Waals surface area contributed by atoms with E-state index >= 15 is 0 Å². The highest BCUT2D eigenvalue weighted by molar-refractivity contribution is 5.87. The molecule has 3 aromatic heterocycles. The monoisotopic (exact) mass is 401 g/mol. The van der Waals surface area contributed by atoms with Crippen molar-refractivity contribution in [1.29, 1.82) is 0 Å². The van der Waals surface area contributed by atoms with E-state index in [1.54, 1.807) is 29.7 Å². The first-order valence-electron chi connectivity index (χ1n) is 9.77. The predicted molar refractivity (Wildman–Crippen MR) is 116 cm³/mol. The van der Waals surface area contributed by atoms with Crippen molar-refractivity contribution < 1.29 is 4.79 Å². The minimum absolute atomic E-state index is 0.0297. The number of rotatable bonds is 6. The van der Waals surface area contributed by atoms with E-state index < -0.39 is 0 Å². The van der Waals surface area contributed by atoms with Gasteiger partial charge in [-0.3, -0.25) is 9.78 Å². The van der Waals surface area contributed by atoms with Gasteiger partial charge in [-0.2, -0.15) is 0 Å². The number of anilines is 3. The Balaban J connectivity index is 1.42. The highest BCUT2D eigenvalue weighted by Crippen LogP contribution is 2.23. The lowest BCUT2D eigenvalue weighted by molar-refractivity contribution is -0.125. The standard InChI is InChI=1S/C22H23N7O/c1-3-21(30)29-8-7-18(14-29)27-19-9-16(10-23-13-19)17-11-24-22(25-12-17)28-20-6-4-5-15(2)26-20/h3-6,9-13,18,27H,1,7-8,14H2,2H3,(H,24,25,26,28)/t18-/m0/s1. The summed E-state index contributed by atoms with van der Waals surface area (Å²) in [5.41, 5.74) is 3.60. The molecule has 1 atom stereocenters. The summed E-state index contributed by atoms with van der Waals surface area (Å²) in [6.45, 7) is 6.87. The maximum Gasteiger partial charge on any atom is 0.246 e. The molecule has 0 saturated carbocycles. The van der Waals surface area contributed by atoms with E-state index in [0.717, 1.165) is 35.5 Å². The van der Waals surface area contributed by atoms with Gasteiger partial charge >= 0.3 is 0 Å². The fraction of sp³-hybridized carbons (Fsp3) is 0.227. The fourth-order valence-corrected chi connectivity index (χ4v) is 3.39. The van der Waals surface area contributed by atoms with Crippen LogP contribution < -0.4 is 10.6 Å². The Morgan fingerprint density at radius 2 is 2.03 bits per heavy atom. The molecular formula is C22H23N7O. The van der Waals surface area contributed by atoms with Crippen LogP contribution in [0.1, 0.15) is 12.1 Å². The number of pyridine rings is 2. The van der Waals surface area contributed by atoms with E-state index in [1.165, 1.54) is 6.08 Å². The topological polar surface area (TPSA) is 95.9 Å². The van der Waals surface area contributed by atoms with Crippen LogP contribution in [0.25, 0.3) is 11.1 Å². The van der Waals surface area contributed by atoms with E-state index in [1.807, 2.05) is 31.2 Å². The molecule has 30 heavy (non-hydrogen) atoms. The van der Waals surface area contributed by atoms with Gasteiger partial charge in [-0.15, -0.1) is 0 Å². The molecule has 0 radical (unpaired) electrons. The number of carbonyl (C=O) groups excluding carboxylic acids is 1. The van der Waals surface area contributed by atoms with Crippen molar-refractivity contribution in [3.05, 3.63) is 67.4 Å². The van der Waals surface area contributed by atoms with Crippen molar-refractivity contribution in [3.63, 3.8) is 0 Å². The number of nitrogens with zero attached hydrogens (tertiary/aromatic N) is 5. The van der Waals surface area contributed by atoms with E-state index in [2.05, 4.69) is 37.1 Å². The summed E-state index contributed by atoms with van der Waals surface area (Å²) in [4.78, 5) is 31.1. The van der Waals surface area contributed by atoms with Gasteiger partial charge in [0.15, 0.2) is 0 Å². The lowest BCUT2D eigenvalue weighted by atomic mass is 10.1. The molecule has 0 aromatic carbocycles. The minimum Gasteiger partial charge on any atom is -0.379 e. The smallest absolute Gasteiger partial charge is 0.246 e. The van der Waals surface area contributed by atoms with Crippen molar-refractivity contribution in [2.45, 2.75) is 19.4 Å². The second-order valence-corrected chi connectivity index (χ2v) is 7.17. The van der Waals surface area contributed by atoms with Gasteiger partial charge in [-0.1, -0.05) is 12.6 Å². The lowest BCUT2D eigenvalue weighted by Crippen LogP contribution is -2.30. The quantitative estimate of drug-likeness (QED) is 0.613. The van der Waals surface area contributed by atoms with Crippen LogP contribution >= 0.6 is 0 Å². The van der Waals surface area contributed by atoms with Crippen molar-refractivity contribution in [2.75, 3.05) is 23.7 Å². The number of aryl methyl sites for hydroxylation is 1. The van der Waals surface area contributed by atoms with Gasteiger partial charge in [0.25, 0.3) is 0 Å². The van der Waals surface area contributed by atoms with Gasteiger partial charge < -0.3 is 15.5 Å². The Bertz CT molecular complexity index is 1050. The van der Waals surface area contributed by atoms with Crippen molar-refractivity contribution in [2.24, 2.45) is 0 Å². The molecular weight excluding hydrogens is 378 g/mol. The summed E-state index contributed by atoms with van der Waals surface area (Å²) in [6.07, 6.45) is 9.32. The lowest BCUT2D eigenvalue weighted by Gasteiger charge is -2.16.